The maximum Gasteiger partial charge on any atom is 0.306 e. The Kier molecular flexibility index (Phi) is 43.8. The Morgan fingerprint density at radius 1 is 0.571 bits per heavy atom. The molecule has 0 aromatic carbocycles. The average molecular weight is 986 g/mol. The van der Waals surface area contributed by atoms with Crippen LogP contribution in [0.4, 0.5) is 0 Å². The first-order valence-electron chi connectivity index (χ1n) is 28.2. The smallest absolute Gasteiger partial charge is 0.306 e. The molecule has 8 atom stereocenters. The normalized spacial score (nSPS) is 20.3. The van der Waals surface area contributed by atoms with Crippen LogP contribution in [0.25, 0.3) is 0 Å². The van der Waals surface area contributed by atoms with Gasteiger partial charge in [0.25, 0.3) is 0 Å². The fourth-order valence-electron chi connectivity index (χ4n) is 8.34. The SMILES string of the molecule is CC/C=C/C/C=C/CCCCCCCCCC(=O)OC1C(OCC(NC(=O)C(O)CCCCC/C=C\C/C=C\C/C=C\CCCCC)C(O)/C=C/CCCCCCCCCCC)OC(CO)C(O)C1O. The lowest BCUT2D eigenvalue weighted by Crippen LogP contribution is -2.61. The highest BCUT2D eigenvalue weighted by Crippen LogP contribution is 2.26. The third kappa shape index (κ3) is 35.3. The van der Waals surface area contributed by atoms with E-state index >= 15 is 0 Å². The van der Waals surface area contributed by atoms with Gasteiger partial charge in [-0.15, -0.1) is 0 Å². The maximum atomic E-state index is 13.4. The van der Waals surface area contributed by atoms with Crippen molar-refractivity contribution in [2.45, 2.75) is 275 Å². The van der Waals surface area contributed by atoms with Gasteiger partial charge in [0.2, 0.25) is 5.91 Å². The number of carbonyl (C=O) groups excluding carboxylic acids is 2. The second kappa shape index (κ2) is 47.1. The van der Waals surface area contributed by atoms with Gasteiger partial charge in [0, 0.05) is 6.42 Å². The van der Waals surface area contributed by atoms with Crippen molar-refractivity contribution >= 4 is 11.9 Å². The van der Waals surface area contributed by atoms with Crippen LogP contribution in [0.15, 0.2) is 72.9 Å². The standard InChI is InChI=1S/C59H103NO10/c1-4-7-10-13-16-19-22-24-26-27-28-31-34-37-40-43-46-52(63)58(67)60-50(51(62)45-42-39-36-33-30-21-18-15-12-9-6-3)49-68-59-57(56(66)55(65)53(48-61)69-59)70-54(64)47-44-41-38-35-32-29-25-23-20-17-14-11-8-5-2/h8,11,16-17,19-20,24,26,28,31,42,45,50-53,55-57,59,61-63,65-66H,4-7,9-10,12-15,18,21-23,25,27,29-30,32-41,43-44,46-49H2,1-3H3,(H,60,67)/b11-8+,19-16-,20-17+,26-24-,31-28-,45-42+. The minimum absolute atomic E-state index is 0.109. The molecule has 0 spiro atoms. The van der Waals surface area contributed by atoms with Crippen LogP contribution in [-0.2, 0) is 23.8 Å². The van der Waals surface area contributed by atoms with E-state index in [1.807, 2.05) is 6.08 Å². The van der Waals surface area contributed by atoms with Gasteiger partial charge in [-0.25, -0.2) is 0 Å². The Balaban J connectivity index is 2.76. The highest BCUT2D eigenvalue weighted by Gasteiger charge is 2.47. The fourth-order valence-corrected chi connectivity index (χ4v) is 8.34. The predicted molar refractivity (Wildman–Crippen MR) is 287 cm³/mol. The number of hydrogen-bond donors (Lipinski definition) is 6. The summed E-state index contributed by atoms with van der Waals surface area (Å²) in [6.07, 6.45) is 48.0. The van der Waals surface area contributed by atoms with E-state index in [0.717, 1.165) is 116 Å². The van der Waals surface area contributed by atoms with Gasteiger partial charge in [0.05, 0.1) is 25.4 Å². The molecule has 0 saturated carbocycles. The van der Waals surface area contributed by atoms with E-state index in [0.29, 0.717) is 12.8 Å². The monoisotopic (exact) mass is 986 g/mol. The molecule has 0 bridgehead atoms. The largest absolute Gasteiger partial charge is 0.454 e. The van der Waals surface area contributed by atoms with Crippen molar-refractivity contribution in [1.29, 1.82) is 0 Å². The minimum atomic E-state index is -1.62. The van der Waals surface area contributed by atoms with Gasteiger partial charge in [0.15, 0.2) is 12.4 Å². The van der Waals surface area contributed by atoms with Crippen LogP contribution in [0.5, 0.6) is 0 Å². The number of esters is 1. The van der Waals surface area contributed by atoms with Crippen molar-refractivity contribution in [1.82, 2.24) is 5.32 Å². The molecule has 0 aromatic heterocycles. The van der Waals surface area contributed by atoms with E-state index < -0.39 is 67.4 Å². The molecule has 1 amide bonds. The van der Waals surface area contributed by atoms with E-state index in [-0.39, 0.29) is 19.4 Å². The van der Waals surface area contributed by atoms with E-state index in [2.05, 4.69) is 86.8 Å². The molecule has 1 aliphatic rings. The van der Waals surface area contributed by atoms with Crippen LogP contribution in [0, 0.1) is 0 Å². The molecule has 70 heavy (non-hydrogen) atoms. The zero-order valence-corrected chi connectivity index (χ0v) is 44.4. The third-order valence-electron chi connectivity index (χ3n) is 12.8. The van der Waals surface area contributed by atoms with Crippen LogP contribution in [0.3, 0.4) is 0 Å². The number of hydrogen-bond acceptors (Lipinski definition) is 10. The van der Waals surface area contributed by atoms with E-state index in [1.54, 1.807) is 6.08 Å². The van der Waals surface area contributed by atoms with E-state index in [9.17, 15) is 35.1 Å². The maximum absolute atomic E-state index is 13.4. The van der Waals surface area contributed by atoms with Gasteiger partial charge in [-0.3, -0.25) is 9.59 Å². The molecule has 1 heterocycles. The topological polar surface area (TPSA) is 175 Å². The summed E-state index contributed by atoms with van der Waals surface area (Å²) >= 11 is 0. The second-order valence-corrected chi connectivity index (χ2v) is 19.3. The first kappa shape index (κ1) is 65.1. The number of unbranched alkanes of at least 4 members (excludes halogenated alkanes) is 22. The molecule has 1 fully saturated rings. The fraction of sp³-hybridized carbons (Fsp3) is 0.763. The van der Waals surface area contributed by atoms with Crippen LogP contribution < -0.4 is 5.32 Å². The summed E-state index contributed by atoms with van der Waals surface area (Å²) in [7, 11) is 0. The molecular weight excluding hydrogens is 883 g/mol. The lowest BCUT2D eigenvalue weighted by atomic mass is 9.99. The highest BCUT2D eigenvalue weighted by atomic mass is 16.7. The number of nitrogens with one attached hydrogen (secondary N) is 1. The van der Waals surface area contributed by atoms with E-state index in [1.165, 1.54) is 64.2 Å². The highest BCUT2D eigenvalue weighted by molar-refractivity contribution is 5.80. The summed E-state index contributed by atoms with van der Waals surface area (Å²) in [5.74, 6) is -1.23. The molecule has 1 rings (SSSR count). The molecule has 0 radical (unpaired) electrons. The summed E-state index contributed by atoms with van der Waals surface area (Å²) in [4.78, 5) is 26.4. The first-order chi connectivity index (χ1) is 34.2. The lowest BCUT2D eigenvalue weighted by Gasteiger charge is -2.41. The summed E-state index contributed by atoms with van der Waals surface area (Å²) in [6, 6.07) is -1.04. The summed E-state index contributed by atoms with van der Waals surface area (Å²) in [6.45, 7) is 5.60. The Morgan fingerprint density at radius 3 is 1.57 bits per heavy atom. The number of carbonyl (C=O) groups is 2. The molecule has 0 aliphatic carbocycles. The molecule has 11 heteroatoms. The minimum Gasteiger partial charge on any atom is -0.454 e. The van der Waals surface area contributed by atoms with Crippen molar-refractivity contribution in [2.75, 3.05) is 13.2 Å². The summed E-state index contributed by atoms with van der Waals surface area (Å²) in [5.41, 5.74) is 0. The van der Waals surface area contributed by atoms with E-state index in [4.69, 9.17) is 14.2 Å². The zero-order chi connectivity index (χ0) is 51.1. The van der Waals surface area contributed by atoms with Crippen molar-refractivity contribution in [3.8, 4) is 0 Å². The van der Waals surface area contributed by atoms with Crippen molar-refractivity contribution in [3.63, 3.8) is 0 Å². The Bertz CT molecular complexity index is 1410. The van der Waals surface area contributed by atoms with Crippen molar-refractivity contribution < 1.29 is 49.3 Å². The van der Waals surface area contributed by atoms with Gasteiger partial charge in [-0.2, -0.15) is 0 Å². The summed E-state index contributed by atoms with van der Waals surface area (Å²) in [5, 5.41) is 56.7. The molecule has 404 valence electrons. The molecule has 1 saturated heterocycles. The van der Waals surface area contributed by atoms with Crippen LogP contribution in [0.2, 0.25) is 0 Å². The number of rotatable bonds is 46. The van der Waals surface area contributed by atoms with Crippen LogP contribution in [0.1, 0.15) is 226 Å². The Hall–Kier alpha value is -2.90. The summed E-state index contributed by atoms with van der Waals surface area (Å²) < 4.78 is 17.5. The average Bonchev–Trinajstić information content (AvgIpc) is 3.36. The van der Waals surface area contributed by atoms with Gasteiger partial charge >= 0.3 is 5.97 Å². The second-order valence-electron chi connectivity index (χ2n) is 19.3. The number of allylic oxidation sites excluding steroid dienone is 11. The van der Waals surface area contributed by atoms with Gasteiger partial charge in [-0.1, -0.05) is 203 Å². The Morgan fingerprint density at radius 2 is 1.03 bits per heavy atom. The Labute approximate surface area is 426 Å². The number of aliphatic hydroxyl groups is 5. The first-order valence-corrected chi connectivity index (χ1v) is 28.2. The third-order valence-corrected chi connectivity index (χ3v) is 12.8. The van der Waals surface area contributed by atoms with Gasteiger partial charge in [0.1, 0.15) is 24.4 Å². The van der Waals surface area contributed by atoms with Crippen molar-refractivity contribution in [3.05, 3.63) is 72.9 Å². The molecule has 11 nitrogen and oxygen atoms in total. The van der Waals surface area contributed by atoms with Crippen LogP contribution in [-0.4, -0.2) is 99.6 Å². The lowest BCUT2D eigenvalue weighted by molar-refractivity contribution is -0.305. The van der Waals surface area contributed by atoms with Crippen LogP contribution >= 0.6 is 0 Å². The molecule has 1 aliphatic heterocycles. The molecule has 8 unspecified atom stereocenters. The number of aliphatic hydroxyl groups excluding tert-OH is 5. The number of ether oxygens (including phenoxy) is 3. The predicted octanol–water partition coefficient (Wildman–Crippen LogP) is 12.4. The zero-order valence-electron chi connectivity index (χ0n) is 44.4. The van der Waals surface area contributed by atoms with Gasteiger partial charge in [-0.05, 0) is 89.9 Å². The molecule has 6 N–H and O–H groups in total. The number of amides is 1. The quantitative estimate of drug-likeness (QED) is 0.0196. The molecular formula is C59H103NO10. The van der Waals surface area contributed by atoms with Crippen molar-refractivity contribution in [2.24, 2.45) is 0 Å². The van der Waals surface area contributed by atoms with Gasteiger partial charge < -0.3 is 45.1 Å². The molecule has 0 aromatic rings.